The third-order valence-electron chi connectivity index (χ3n) is 5.30. The van der Waals surface area contributed by atoms with Crippen molar-refractivity contribution in [1.82, 2.24) is 4.90 Å². The number of morpholine rings is 1. The fraction of sp³-hybridized carbons (Fsp3) is 0.684. The summed E-state index contributed by atoms with van der Waals surface area (Å²) in [6, 6.07) is 9.30. The van der Waals surface area contributed by atoms with Crippen LogP contribution < -0.4 is 0 Å². The highest BCUT2D eigenvalue weighted by Gasteiger charge is 2.38. The van der Waals surface area contributed by atoms with Crippen LogP contribution in [0.1, 0.15) is 43.2 Å². The number of aliphatic hydroxyl groups excluding tert-OH is 1. The Morgan fingerprint density at radius 3 is 2.59 bits per heavy atom. The lowest BCUT2D eigenvalue weighted by Crippen LogP contribution is -2.58. The summed E-state index contributed by atoms with van der Waals surface area (Å²) in [6.07, 6.45) is 7.51. The van der Waals surface area contributed by atoms with Crippen LogP contribution in [0.15, 0.2) is 24.3 Å². The maximum Gasteiger partial charge on any atom is 0.108 e. The Balaban J connectivity index is 1.69. The van der Waals surface area contributed by atoms with Crippen LogP contribution in [-0.2, 0) is 11.2 Å². The second-order valence-corrected chi connectivity index (χ2v) is 7.11. The molecular formula is C19H29NO2. The van der Waals surface area contributed by atoms with Gasteiger partial charge in [0.25, 0.3) is 0 Å². The normalized spacial score (nSPS) is 27.9. The molecule has 1 atom stereocenters. The van der Waals surface area contributed by atoms with Crippen molar-refractivity contribution in [2.75, 3.05) is 26.3 Å². The predicted molar refractivity (Wildman–Crippen MR) is 89.1 cm³/mol. The number of rotatable bonds is 4. The van der Waals surface area contributed by atoms with E-state index in [1.165, 1.54) is 43.2 Å². The maximum absolute atomic E-state index is 10.0. The van der Waals surface area contributed by atoms with Gasteiger partial charge in [-0.1, -0.05) is 49.1 Å². The number of aryl methyl sites for hydroxylation is 1. The summed E-state index contributed by atoms with van der Waals surface area (Å²) in [5, 5.41) is 10.0. The quantitative estimate of drug-likeness (QED) is 0.928. The van der Waals surface area contributed by atoms with E-state index in [1.54, 1.807) is 0 Å². The second-order valence-electron chi connectivity index (χ2n) is 7.11. The SMILES string of the molecule is Cc1ccc(CC2(CO)CN(C3CCCCC3)CCO2)cc1. The molecule has 1 aliphatic carbocycles. The molecule has 1 N–H and O–H groups in total. The number of nitrogens with zero attached hydrogens (tertiary/aromatic N) is 1. The van der Waals surface area contributed by atoms with Gasteiger partial charge in [0.15, 0.2) is 0 Å². The van der Waals surface area contributed by atoms with Crippen LogP contribution >= 0.6 is 0 Å². The lowest BCUT2D eigenvalue weighted by atomic mass is 9.89. The van der Waals surface area contributed by atoms with E-state index in [-0.39, 0.29) is 6.61 Å². The number of benzene rings is 1. The van der Waals surface area contributed by atoms with Crippen molar-refractivity contribution in [2.24, 2.45) is 0 Å². The minimum atomic E-state index is -0.426. The number of ether oxygens (including phenoxy) is 1. The lowest BCUT2D eigenvalue weighted by molar-refractivity contribution is -0.142. The summed E-state index contributed by atoms with van der Waals surface area (Å²) >= 11 is 0. The van der Waals surface area contributed by atoms with Gasteiger partial charge >= 0.3 is 0 Å². The van der Waals surface area contributed by atoms with Crippen molar-refractivity contribution >= 4 is 0 Å². The zero-order chi connectivity index (χ0) is 15.4. The van der Waals surface area contributed by atoms with E-state index >= 15 is 0 Å². The van der Waals surface area contributed by atoms with Crippen LogP contribution in [0.3, 0.4) is 0 Å². The maximum atomic E-state index is 10.0. The summed E-state index contributed by atoms with van der Waals surface area (Å²) in [6.45, 7) is 4.82. The van der Waals surface area contributed by atoms with Crippen LogP contribution in [0.25, 0.3) is 0 Å². The van der Waals surface area contributed by atoms with Crippen molar-refractivity contribution in [1.29, 1.82) is 0 Å². The van der Waals surface area contributed by atoms with Gasteiger partial charge in [-0.3, -0.25) is 4.90 Å². The van der Waals surface area contributed by atoms with Gasteiger partial charge in [0.05, 0.1) is 13.2 Å². The molecule has 0 bridgehead atoms. The molecule has 2 fully saturated rings. The summed E-state index contributed by atoms with van der Waals surface area (Å²) in [7, 11) is 0. The van der Waals surface area contributed by atoms with Crippen molar-refractivity contribution < 1.29 is 9.84 Å². The molecule has 122 valence electrons. The molecule has 1 unspecified atom stereocenters. The minimum absolute atomic E-state index is 0.101. The molecule has 0 radical (unpaired) electrons. The molecule has 3 nitrogen and oxygen atoms in total. The Kier molecular flexibility index (Phi) is 5.17. The van der Waals surface area contributed by atoms with Gasteiger partial charge in [0, 0.05) is 25.6 Å². The van der Waals surface area contributed by atoms with Crippen molar-refractivity contribution in [3.05, 3.63) is 35.4 Å². The summed E-state index contributed by atoms with van der Waals surface area (Å²) in [4.78, 5) is 2.58. The molecule has 0 aromatic heterocycles. The Morgan fingerprint density at radius 1 is 1.18 bits per heavy atom. The number of hydrogen-bond acceptors (Lipinski definition) is 3. The monoisotopic (exact) mass is 303 g/mol. The Labute approximate surface area is 134 Å². The standard InChI is InChI=1S/C19H29NO2/c1-16-7-9-17(10-8-16)13-19(15-21)14-20(11-12-22-19)18-5-3-2-4-6-18/h7-10,18,21H,2-6,11-15H2,1H3. The molecule has 2 aliphatic rings. The summed E-state index contributed by atoms with van der Waals surface area (Å²) in [5.74, 6) is 0. The summed E-state index contributed by atoms with van der Waals surface area (Å²) in [5.41, 5.74) is 2.10. The third-order valence-corrected chi connectivity index (χ3v) is 5.30. The molecule has 22 heavy (non-hydrogen) atoms. The molecule has 1 aliphatic heterocycles. The average Bonchev–Trinajstić information content (AvgIpc) is 2.58. The average molecular weight is 303 g/mol. The molecule has 1 aromatic carbocycles. The molecule has 0 amide bonds. The van der Waals surface area contributed by atoms with E-state index in [1.807, 2.05) is 0 Å². The lowest BCUT2D eigenvalue weighted by Gasteiger charge is -2.46. The van der Waals surface area contributed by atoms with Crippen molar-refractivity contribution in [2.45, 2.75) is 57.1 Å². The van der Waals surface area contributed by atoms with E-state index < -0.39 is 5.60 Å². The second kappa shape index (κ2) is 7.12. The molecule has 3 heteroatoms. The van der Waals surface area contributed by atoms with Crippen molar-refractivity contribution in [3.63, 3.8) is 0 Å². The van der Waals surface area contributed by atoms with Crippen LogP contribution in [0.5, 0.6) is 0 Å². The van der Waals surface area contributed by atoms with E-state index in [0.29, 0.717) is 6.04 Å². The van der Waals surface area contributed by atoms with E-state index in [4.69, 9.17) is 4.74 Å². The fourth-order valence-electron chi connectivity index (χ4n) is 3.97. The van der Waals surface area contributed by atoms with Crippen LogP contribution in [-0.4, -0.2) is 48.0 Å². The van der Waals surface area contributed by atoms with Gasteiger partial charge < -0.3 is 9.84 Å². The van der Waals surface area contributed by atoms with Crippen LogP contribution in [0.2, 0.25) is 0 Å². The van der Waals surface area contributed by atoms with Gasteiger partial charge in [-0.15, -0.1) is 0 Å². The van der Waals surface area contributed by atoms with Crippen molar-refractivity contribution in [3.8, 4) is 0 Å². The van der Waals surface area contributed by atoms with Gasteiger partial charge in [-0.05, 0) is 25.3 Å². The topological polar surface area (TPSA) is 32.7 Å². The highest BCUT2D eigenvalue weighted by molar-refractivity contribution is 5.23. The van der Waals surface area contributed by atoms with Gasteiger partial charge in [0.1, 0.15) is 5.60 Å². The zero-order valence-electron chi connectivity index (χ0n) is 13.8. The fourth-order valence-corrected chi connectivity index (χ4v) is 3.97. The Bertz CT molecular complexity index is 467. The first kappa shape index (κ1) is 16.0. The van der Waals surface area contributed by atoms with Crippen LogP contribution in [0, 0.1) is 6.92 Å². The van der Waals surface area contributed by atoms with E-state index in [0.717, 1.165) is 26.1 Å². The summed E-state index contributed by atoms with van der Waals surface area (Å²) < 4.78 is 6.08. The zero-order valence-corrected chi connectivity index (χ0v) is 13.8. The Hall–Kier alpha value is -0.900. The molecule has 1 aromatic rings. The smallest absolute Gasteiger partial charge is 0.108 e. The molecule has 1 heterocycles. The highest BCUT2D eigenvalue weighted by atomic mass is 16.5. The van der Waals surface area contributed by atoms with E-state index in [2.05, 4.69) is 36.1 Å². The number of aliphatic hydroxyl groups is 1. The minimum Gasteiger partial charge on any atom is -0.393 e. The molecular weight excluding hydrogens is 274 g/mol. The molecule has 1 saturated heterocycles. The van der Waals surface area contributed by atoms with Gasteiger partial charge in [0.2, 0.25) is 0 Å². The first-order valence-corrected chi connectivity index (χ1v) is 8.75. The van der Waals surface area contributed by atoms with E-state index in [9.17, 15) is 5.11 Å². The Morgan fingerprint density at radius 2 is 1.91 bits per heavy atom. The first-order chi connectivity index (χ1) is 10.7. The molecule has 3 rings (SSSR count). The van der Waals surface area contributed by atoms with Crippen LogP contribution in [0.4, 0.5) is 0 Å². The third kappa shape index (κ3) is 3.70. The van der Waals surface area contributed by atoms with Gasteiger partial charge in [-0.2, -0.15) is 0 Å². The largest absolute Gasteiger partial charge is 0.393 e. The molecule has 0 spiro atoms. The predicted octanol–water partition coefficient (Wildman–Crippen LogP) is 2.93. The van der Waals surface area contributed by atoms with Gasteiger partial charge in [-0.25, -0.2) is 0 Å². The number of hydrogen-bond donors (Lipinski definition) is 1. The molecule has 1 saturated carbocycles. The first-order valence-electron chi connectivity index (χ1n) is 8.75. The highest BCUT2D eigenvalue weighted by Crippen LogP contribution is 2.29.